The predicted octanol–water partition coefficient (Wildman–Crippen LogP) is 2.24. The van der Waals surface area contributed by atoms with Crippen molar-refractivity contribution in [3.63, 3.8) is 0 Å². The van der Waals surface area contributed by atoms with Gasteiger partial charge in [-0.15, -0.1) is 0 Å². The molecule has 1 aliphatic heterocycles. The van der Waals surface area contributed by atoms with Crippen molar-refractivity contribution in [2.75, 3.05) is 18.4 Å². The second-order valence-corrected chi connectivity index (χ2v) is 6.22. The van der Waals surface area contributed by atoms with Gasteiger partial charge in [0.05, 0.1) is 23.2 Å². The van der Waals surface area contributed by atoms with E-state index in [9.17, 15) is 0 Å². The molecule has 106 valence electrons. The third-order valence-corrected chi connectivity index (χ3v) is 4.07. The maximum absolute atomic E-state index is 4.37. The molecule has 0 atom stereocenters. The SMILES string of the molecule is CC(C)C[n+]1c[nH]c2ccc(NC3=NCCN3)c(Br)c21. The summed E-state index contributed by atoms with van der Waals surface area (Å²) in [4.78, 5) is 7.68. The summed E-state index contributed by atoms with van der Waals surface area (Å²) in [5.74, 6) is 1.44. The van der Waals surface area contributed by atoms with Crippen molar-refractivity contribution >= 4 is 38.6 Å². The first kappa shape index (κ1) is 13.4. The molecule has 1 aromatic carbocycles. The first-order chi connectivity index (χ1) is 9.65. The molecule has 6 heteroatoms. The number of fused-ring (bicyclic) bond motifs is 1. The molecule has 0 amide bonds. The molecule has 0 fully saturated rings. The van der Waals surface area contributed by atoms with Crippen LogP contribution in [-0.2, 0) is 6.54 Å². The summed E-state index contributed by atoms with van der Waals surface area (Å²) in [5, 5.41) is 6.56. The second-order valence-electron chi connectivity index (χ2n) is 5.43. The van der Waals surface area contributed by atoms with Crippen molar-refractivity contribution in [3.05, 3.63) is 22.9 Å². The van der Waals surface area contributed by atoms with E-state index < -0.39 is 0 Å². The van der Waals surface area contributed by atoms with Crippen LogP contribution in [0.1, 0.15) is 13.8 Å². The van der Waals surface area contributed by atoms with Crippen LogP contribution in [-0.4, -0.2) is 24.0 Å². The lowest BCUT2D eigenvalue weighted by molar-refractivity contribution is -0.677. The van der Waals surface area contributed by atoms with Crippen LogP contribution in [0.3, 0.4) is 0 Å². The Morgan fingerprint density at radius 3 is 3.00 bits per heavy atom. The van der Waals surface area contributed by atoms with E-state index in [2.05, 4.69) is 67.1 Å². The smallest absolute Gasteiger partial charge is 0.242 e. The number of halogens is 1. The fraction of sp³-hybridized carbons (Fsp3) is 0.429. The normalized spacial score (nSPS) is 14.7. The van der Waals surface area contributed by atoms with E-state index in [4.69, 9.17) is 0 Å². The third-order valence-electron chi connectivity index (χ3n) is 3.27. The Hall–Kier alpha value is -1.56. The number of guanidine groups is 1. The average molecular weight is 337 g/mol. The van der Waals surface area contributed by atoms with Gasteiger partial charge in [0, 0.05) is 6.54 Å². The first-order valence-corrected chi connectivity index (χ1v) is 7.69. The zero-order chi connectivity index (χ0) is 14.1. The topological polar surface area (TPSA) is 56.1 Å². The van der Waals surface area contributed by atoms with E-state index in [-0.39, 0.29) is 0 Å². The minimum absolute atomic E-state index is 0.600. The minimum Gasteiger partial charge on any atom is -0.354 e. The molecular formula is C14H19BrN5+. The highest BCUT2D eigenvalue weighted by molar-refractivity contribution is 9.10. The van der Waals surface area contributed by atoms with Crippen LogP contribution in [0.4, 0.5) is 5.69 Å². The minimum atomic E-state index is 0.600. The van der Waals surface area contributed by atoms with Gasteiger partial charge in [0.1, 0.15) is 0 Å². The Morgan fingerprint density at radius 1 is 1.45 bits per heavy atom. The lowest BCUT2D eigenvalue weighted by Gasteiger charge is -2.09. The third kappa shape index (κ3) is 2.52. The fourth-order valence-electron chi connectivity index (χ4n) is 2.42. The van der Waals surface area contributed by atoms with Gasteiger partial charge in [-0.05, 0) is 34.0 Å². The Bertz CT molecular complexity index is 659. The summed E-state index contributed by atoms with van der Waals surface area (Å²) in [7, 11) is 0. The summed E-state index contributed by atoms with van der Waals surface area (Å²) in [6.45, 7) is 7.17. The zero-order valence-electron chi connectivity index (χ0n) is 11.7. The molecule has 20 heavy (non-hydrogen) atoms. The molecule has 1 aromatic heterocycles. The Balaban J connectivity index is 1.99. The average Bonchev–Trinajstić information content (AvgIpc) is 3.02. The van der Waals surface area contributed by atoms with E-state index in [0.717, 1.165) is 41.3 Å². The summed E-state index contributed by atoms with van der Waals surface area (Å²) in [6.07, 6.45) is 2.03. The van der Waals surface area contributed by atoms with Crippen LogP contribution in [0, 0.1) is 5.92 Å². The summed E-state index contributed by atoms with van der Waals surface area (Å²) in [5.41, 5.74) is 3.34. The van der Waals surface area contributed by atoms with Crippen LogP contribution in [0.15, 0.2) is 27.9 Å². The lowest BCUT2D eigenvalue weighted by Crippen LogP contribution is -2.35. The van der Waals surface area contributed by atoms with Gasteiger partial charge < -0.3 is 10.6 Å². The molecule has 2 heterocycles. The number of nitrogens with zero attached hydrogens (tertiary/aromatic N) is 2. The van der Waals surface area contributed by atoms with Gasteiger partial charge in [0.15, 0.2) is 17.0 Å². The van der Waals surface area contributed by atoms with Crippen LogP contribution in [0.2, 0.25) is 0 Å². The first-order valence-electron chi connectivity index (χ1n) is 6.89. The Kier molecular flexibility index (Phi) is 3.65. The second kappa shape index (κ2) is 5.44. The molecule has 0 radical (unpaired) electrons. The molecule has 1 aliphatic rings. The highest BCUT2D eigenvalue weighted by atomic mass is 79.9. The maximum Gasteiger partial charge on any atom is 0.242 e. The molecule has 5 nitrogen and oxygen atoms in total. The standard InChI is InChI=1S/C14H18BrN5/c1-9(2)7-20-8-18-11-4-3-10(12(15)13(11)20)19-14-16-5-6-17-14/h3-4,8-9H,5-7H2,1-2H3,(H2,16,17,19)/p+1. The van der Waals surface area contributed by atoms with E-state index in [1.54, 1.807) is 0 Å². The molecule has 3 N–H and O–H groups in total. The van der Waals surface area contributed by atoms with Crippen LogP contribution < -0.4 is 15.2 Å². The van der Waals surface area contributed by atoms with E-state index >= 15 is 0 Å². The van der Waals surface area contributed by atoms with E-state index in [1.807, 2.05) is 6.33 Å². The Morgan fingerprint density at radius 2 is 2.30 bits per heavy atom. The van der Waals surface area contributed by atoms with Gasteiger partial charge in [-0.3, -0.25) is 4.99 Å². The molecule has 0 saturated heterocycles. The van der Waals surface area contributed by atoms with Gasteiger partial charge >= 0.3 is 0 Å². The van der Waals surface area contributed by atoms with Crippen molar-refractivity contribution in [3.8, 4) is 0 Å². The molecule has 2 aromatic rings. The van der Waals surface area contributed by atoms with Crippen molar-refractivity contribution in [1.29, 1.82) is 0 Å². The lowest BCUT2D eigenvalue weighted by atomic mass is 10.2. The van der Waals surface area contributed by atoms with Crippen LogP contribution >= 0.6 is 15.9 Å². The molecule has 0 spiro atoms. The highest BCUT2D eigenvalue weighted by Crippen LogP contribution is 2.29. The van der Waals surface area contributed by atoms with E-state index in [1.165, 1.54) is 5.52 Å². The van der Waals surface area contributed by atoms with Crippen molar-refractivity contribution in [2.45, 2.75) is 20.4 Å². The summed E-state index contributed by atoms with van der Waals surface area (Å²) < 4.78 is 3.31. The Labute approximate surface area is 126 Å². The molecule has 0 unspecified atom stereocenters. The summed E-state index contributed by atoms with van der Waals surface area (Å²) in [6, 6.07) is 4.15. The zero-order valence-corrected chi connectivity index (χ0v) is 13.3. The number of H-pyrrole nitrogens is 1. The van der Waals surface area contributed by atoms with Crippen molar-refractivity contribution < 1.29 is 4.57 Å². The molecular weight excluding hydrogens is 318 g/mol. The number of rotatable bonds is 3. The van der Waals surface area contributed by atoms with Crippen molar-refractivity contribution in [1.82, 2.24) is 10.3 Å². The molecule has 0 saturated carbocycles. The van der Waals surface area contributed by atoms with Gasteiger partial charge in [-0.25, -0.2) is 9.55 Å². The maximum atomic E-state index is 4.37. The largest absolute Gasteiger partial charge is 0.354 e. The number of aliphatic imine (C=N–C) groups is 1. The number of imidazole rings is 1. The molecule has 0 aliphatic carbocycles. The highest BCUT2D eigenvalue weighted by Gasteiger charge is 2.18. The monoisotopic (exact) mass is 336 g/mol. The van der Waals surface area contributed by atoms with Crippen LogP contribution in [0.5, 0.6) is 0 Å². The van der Waals surface area contributed by atoms with Gasteiger partial charge in [-0.1, -0.05) is 13.8 Å². The number of anilines is 1. The number of hydrogen-bond acceptors (Lipinski definition) is 3. The van der Waals surface area contributed by atoms with E-state index in [0.29, 0.717) is 5.92 Å². The van der Waals surface area contributed by atoms with Gasteiger partial charge in [0.25, 0.3) is 0 Å². The number of benzene rings is 1. The number of aromatic nitrogens is 2. The molecule has 0 bridgehead atoms. The molecule has 3 rings (SSSR count). The van der Waals surface area contributed by atoms with Gasteiger partial charge in [-0.2, -0.15) is 0 Å². The van der Waals surface area contributed by atoms with Gasteiger partial charge in [0.2, 0.25) is 6.33 Å². The summed E-state index contributed by atoms with van der Waals surface area (Å²) >= 11 is 3.72. The fourth-order valence-corrected chi connectivity index (χ4v) is 3.09. The predicted molar refractivity (Wildman–Crippen MR) is 85.0 cm³/mol. The quantitative estimate of drug-likeness (QED) is 0.753. The number of aromatic amines is 1. The number of nitrogens with one attached hydrogen (secondary N) is 3. The van der Waals surface area contributed by atoms with Crippen LogP contribution in [0.25, 0.3) is 11.0 Å². The number of hydrogen-bond donors (Lipinski definition) is 3. The van der Waals surface area contributed by atoms with Crippen molar-refractivity contribution in [2.24, 2.45) is 10.9 Å².